The second kappa shape index (κ2) is 22.1. The molecule has 7 rings (SSSR count). The molecule has 17 heteroatoms. The summed E-state index contributed by atoms with van der Waals surface area (Å²) in [6.07, 6.45) is 0.725. The van der Waals surface area contributed by atoms with Gasteiger partial charge >= 0.3 is 0 Å². The number of piperazine rings is 1. The number of hydrogen-bond acceptors (Lipinski definition) is 11. The number of likely N-dealkylation sites (N-methyl/N-ethyl adjacent to an activating group) is 1. The summed E-state index contributed by atoms with van der Waals surface area (Å²) in [5.74, 6) is 0.161. The van der Waals surface area contributed by atoms with Crippen LogP contribution in [0.1, 0.15) is 22.5 Å². The Balaban J connectivity index is 1.02. The van der Waals surface area contributed by atoms with Crippen molar-refractivity contribution in [2.45, 2.75) is 29.2 Å². The highest BCUT2D eigenvalue weighted by Crippen LogP contribution is 2.40. The van der Waals surface area contributed by atoms with Crippen molar-refractivity contribution in [2.24, 2.45) is 7.05 Å². The average Bonchev–Trinajstić information content (AvgIpc) is 3.59. The molecule has 1 fully saturated rings. The number of halogens is 1. The highest BCUT2D eigenvalue weighted by Gasteiger charge is 2.28. The Morgan fingerprint density at radius 1 is 0.809 bits per heavy atom. The summed E-state index contributed by atoms with van der Waals surface area (Å²) in [4.78, 5) is 35.1. The van der Waals surface area contributed by atoms with Gasteiger partial charge < -0.3 is 34.8 Å². The summed E-state index contributed by atoms with van der Waals surface area (Å²) in [7, 11) is 5.63. The molecule has 0 unspecified atom stereocenters. The lowest BCUT2D eigenvalue weighted by molar-refractivity contribution is -0.384. The Labute approximate surface area is 403 Å². The minimum atomic E-state index is -4.17. The fraction of sp³-hybridized carbons (Fsp3) is 0.314. The number of aromatic nitrogens is 1. The van der Waals surface area contributed by atoms with Crippen molar-refractivity contribution in [3.8, 4) is 22.4 Å². The lowest BCUT2D eigenvalue weighted by Crippen LogP contribution is -2.46. The topological polar surface area (TPSA) is 148 Å². The van der Waals surface area contributed by atoms with E-state index in [1.165, 1.54) is 24.3 Å². The van der Waals surface area contributed by atoms with Crippen LogP contribution < -0.4 is 25.2 Å². The molecule has 1 aliphatic rings. The van der Waals surface area contributed by atoms with Crippen molar-refractivity contribution in [1.82, 2.24) is 19.7 Å². The second-order valence-electron chi connectivity index (χ2n) is 17.5. The predicted octanol–water partition coefficient (Wildman–Crippen LogP) is 8.66. The van der Waals surface area contributed by atoms with E-state index in [2.05, 4.69) is 42.2 Å². The zero-order chi connectivity index (χ0) is 48.5. The second-order valence-corrected chi connectivity index (χ2v) is 20.3. The van der Waals surface area contributed by atoms with Crippen LogP contribution in [0.15, 0.2) is 131 Å². The number of benzene rings is 5. The number of hydrogen-bond donors (Lipinski definition) is 3. The Bertz CT molecular complexity index is 2800. The Kier molecular flexibility index (Phi) is 16.1. The third-order valence-electron chi connectivity index (χ3n) is 12.1. The first-order valence-corrected chi connectivity index (χ1v) is 25.0. The summed E-state index contributed by atoms with van der Waals surface area (Å²) in [6, 6.07) is 35.5. The van der Waals surface area contributed by atoms with Crippen LogP contribution in [0.5, 0.6) is 0 Å². The Hall–Kier alpha value is -6.40. The number of anilines is 4. The fourth-order valence-corrected chi connectivity index (χ4v) is 10.4. The molecule has 0 saturated carbocycles. The van der Waals surface area contributed by atoms with Crippen LogP contribution in [0.2, 0.25) is 0 Å². The van der Waals surface area contributed by atoms with Gasteiger partial charge in [-0.25, -0.2) is 12.8 Å². The molecule has 0 aliphatic carbocycles. The third kappa shape index (κ3) is 12.2. The van der Waals surface area contributed by atoms with Crippen LogP contribution in [0.25, 0.3) is 22.4 Å². The van der Waals surface area contributed by atoms with E-state index in [0.717, 1.165) is 63.4 Å². The smallest absolute Gasteiger partial charge is 0.293 e. The van der Waals surface area contributed by atoms with Gasteiger partial charge in [-0.3, -0.25) is 19.6 Å². The molecule has 1 atom stereocenters. The van der Waals surface area contributed by atoms with Crippen LogP contribution in [-0.2, 0) is 17.1 Å². The van der Waals surface area contributed by atoms with Crippen molar-refractivity contribution < 1.29 is 22.5 Å². The fourth-order valence-electron chi connectivity index (χ4n) is 8.32. The van der Waals surface area contributed by atoms with Crippen LogP contribution >= 0.6 is 11.8 Å². The van der Waals surface area contributed by atoms with Gasteiger partial charge in [0.15, 0.2) is 0 Å². The SMILES string of the molecule is Cc1c(C(=O)NCCN(C)C)c(-c2cccc(N3CCN(c4ccc(NS(=O)(=O)c5ccc(N[C@H](CCN(C)C)CSc6ccccc6)c([N+](=O)[O-])c5)cc4)CC3)c2)c(-c2ccc(F)cc2)n1C. The maximum Gasteiger partial charge on any atom is 0.293 e. The average molecular weight is 962 g/mol. The summed E-state index contributed by atoms with van der Waals surface area (Å²) < 4.78 is 46.0. The number of nitro groups is 1. The molecule has 1 aromatic heterocycles. The number of nitrogens with one attached hydrogen (secondary N) is 3. The standard InChI is InChI=1S/C51H60FN9O5S2/c1-36-48(51(62)53-26-28-57(4)5)49(50(58(36)6)37-15-17-39(52)18-16-37)38-11-10-12-43(33-38)60-31-29-59(30-32-60)42-21-19-40(20-22-42)55-68(65,66)45-23-24-46(47(34-45)61(63)64)54-41(25-27-56(2)3)35-67-44-13-8-7-9-14-44/h7-24,33-34,41,54-55H,25-32,35H2,1-6H3,(H,53,62)/t41-/m1/s1. The van der Waals surface area contributed by atoms with Crippen LogP contribution in [0.4, 0.5) is 32.8 Å². The van der Waals surface area contributed by atoms with Gasteiger partial charge in [0, 0.05) is 97.4 Å². The Morgan fingerprint density at radius 3 is 2.12 bits per heavy atom. The molecular weight excluding hydrogens is 902 g/mol. The lowest BCUT2D eigenvalue weighted by atomic mass is 9.95. The number of carbonyl (C=O) groups excluding carboxylic acids is 1. The zero-order valence-electron chi connectivity index (χ0n) is 39.4. The number of carbonyl (C=O) groups is 1. The van der Waals surface area contributed by atoms with Crippen molar-refractivity contribution >= 4 is 56.1 Å². The van der Waals surface area contributed by atoms with Crippen molar-refractivity contribution in [3.63, 3.8) is 0 Å². The minimum absolute atomic E-state index is 0.116. The zero-order valence-corrected chi connectivity index (χ0v) is 41.0. The van der Waals surface area contributed by atoms with Crippen molar-refractivity contribution in [3.05, 3.63) is 149 Å². The normalized spacial score (nSPS) is 13.5. The molecular formula is C51H60FN9O5S2. The predicted molar refractivity (Wildman–Crippen MR) is 274 cm³/mol. The third-order valence-corrected chi connectivity index (χ3v) is 14.6. The number of thioether (sulfide) groups is 1. The number of nitro benzene ring substituents is 1. The van der Waals surface area contributed by atoms with Gasteiger partial charge in [0.25, 0.3) is 21.6 Å². The van der Waals surface area contributed by atoms with Gasteiger partial charge in [-0.2, -0.15) is 0 Å². The van der Waals surface area contributed by atoms with Gasteiger partial charge in [0.2, 0.25) is 0 Å². The van der Waals surface area contributed by atoms with E-state index in [9.17, 15) is 27.7 Å². The van der Waals surface area contributed by atoms with Crippen LogP contribution in [-0.4, -0.2) is 119 Å². The van der Waals surface area contributed by atoms with Gasteiger partial charge in [0.1, 0.15) is 11.5 Å². The van der Waals surface area contributed by atoms with Gasteiger partial charge in [0.05, 0.1) is 21.1 Å². The quantitative estimate of drug-likeness (QED) is 0.0384. The molecule has 1 aliphatic heterocycles. The molecule has 1 amide bonds. The Morgan fingerprint density at radius 2 is 1.47 bits per heavy atom. The van der Waals surface area contributed by atoms with E-state index in [1.54, 1.807) is 36.0 Å². The largest absolute Gasteiger partial charge is 0.376 e. The molecule has 0 spiro atoms. The van der Waals surface area contributed by atoms with E-state index in [-0.39, 0.29) is 34.0 Å². The van der Waals surface area contributed by atoms with E-state index in [0.29, 0.717) is 56.3 Å². The summed E-state index contributed by atoms with van der Waals surface area (Å²) >= 11 is 1.65. The van der Waals surface area contributed by atoms with Crippen molar-refractivity contribution in [2.75, 3.05) is 99.6 Å². The monoisotopic (exact) mass is 961 g/mol. The molecule has 3 N–H and O–H groups in total. The van der Waals surface area contributed by atoms with Gasteiger partial charge in [-0.1, -0.05) is 30.3 Å². The minimum Gasteiger partial charge on any atom is -0.376 e. The first-order valence-electron chi connectivity index (χ1n) is 22.6. The molecule has 14 nitrogen and oxygen atoms in total. The molecule has 2 heterocycles. The van der Waals surface area contributed by atoms with E-state index in [1.807, 2.05) is 106 Å². The number of sulfonamides is 1. The molecule has 0 bridgehead atoms. The first kappa shape index (κ1) is 49.5. The molecule has 358 valence electrons. The maximum atomic E-state index is 14.1. The molecule has 6 aromatic rings. The highest BCUT2D eigenvalue weighted by atomic mass is 32.2. The summed E-state index contributed by atoms with van der Waals surface area (Å²) in [5, 5.41) is 18.7. The lowest BCUT2D eigenvalue weighted by Gasteiger charge is -2.37. The van der Waals surface area contributed by atoms with Gasteiger partial charge in [-0.15, -0.1) is 11.8 Å². The maximum absolute atomic E-state index is 14.1. The van der Waals surface area contributed by atoms with Crippen LogP contribution in [0, 0.1) is 22.9 Å². The first-order chi connectivity index (χ1) is 32.6. The van der Waals surface area contributed by atoms with E-state index < -0.39 is 14.9 Å². The molecule has 0 radical (unpaired) electrons. The van der Waals surface area contributed by atoms with E-state index >= 15 is 0 Å². The van der Waals surface area contributed by atoms with E-state index in [4.69, 9.17) is 0 Å². The summed E-state index contributed by atoms with van der Waals surface area (Å²) in [6.45, 7) is 6.70. The van der Waals surface area contributed by atoms with Crippen LogP contribution in [0.3, 0.4) is 0 Å². The molecule has 5 aromatic carbocycles. The number of nitrogens with zero attached hydrogens (tertiary/aromatic N) is 6. The molecule has 1 saturated heterocycles. The number of rotatable bonds is 20. The highest BCUT2D eigenvalue weighted by molar-refractivity contribution is 7.99. The number of amides is 1. The molecule has 68 heavy (non-hydrogen) atoms. The van der Waals surface area contributed by atoms with Gasteiger partial charge in [-0.05, 0) is 144 Å². The van der Waals surface area contributed by atoms with Crippen molar-refractivity contribution in [1.29, 1.82) is 0 Å². The summed E-state index contributed by atoms with van der Waals surface area (Å²) in [5.41, 5.74) is 6.89.